The molecule has 2 heteroatoms. The standard InChI is InChI=1S/C11H16O2/c1-2-13-11(12)10-7-6-8-4-3-5-9(8)10/h3,5,8-10H,2,4,6-7H2,1H3/t8-,9-,10-/m0/s1. The van der Waals surface area contributed by atoms with Gasteiger partial charge in [0.2, 0.25) is 0 Å². The van der Waals surface area contributed by atoms with E-state index in [0.717, 1.165) is 12.3 Å². The molecule has 0 bridgehead atoms. The van der Waals surface area contributed by atoms with E-state index in [1.165, 1.54) is 12.8 Å². The lowest BCUT2D eigenvalue weighted by molar-refractivity contribution is -0.148. The summed E-state index contributed by atoms with van der Waals surface area (Å²) in [4.78, 5) is 11.5. The zero-order valence-corrected chi connectivity index (χ0v) is 8.03. The van der Waals surface area contributed by atoms with Gasteiger partial charge in [0.1, 0.15) is 0 Å². The van der Waals surface area contributed by atoms with E-state index >= 15 is 0 Å². The van der Waals surface area contributed by atoms with Gasteiger partial charge in [-0.1, -0.05) is 12.2 Å². The monoisotopic (exact) mass is 180 g/mol. The van der Waals surface area contributed by atoms with E-state index in [1.807, 2.05) is 6.92 Å². The summed E-state index contributed by atoms with van der Waals surface area (Å²) < 4.78 is 5.06. The van der Waals surface area contributed by atoms with E-state index in [9.17, 15) is 4.79 Å². The van der Waals surface area contributed by atoms with Gasteiger partial charge in [0, 0.05) is 0 Å². The SMILES string of the molecule is CCOC(=O)[C@H]1CC[C@@H]2CC=C[C@@H]21. The van der Waals surface area contributed by atoms with E-state index < -0.39 is 0 Å². The third-order valence-corrected chi connectivity index (χ3v) is 3.24. The van der Waals surface area contributed by atoms with Crippen LogP contribution in [0.1, 0.15) is 26.2 Å². The maximum absolute atomic E-state index is 11.5. The van der Waals surface area contributed by atoms with Gasteiger partial charge >= 0.3 is 5.97 Å². The molecule has 0 saturated heterocycles. The lowest BCUT2D eigenvalue weighted by Gasteiger charge is -2.15. The Labute approximate surface area is 79.0 Å². The number of rotatable bonds is 2. The summed E-state index contributed by atoms with van der Waals surface area (Å²) in [5.41, 5.74) is 0. The highest BCUT2D eigenvalue weighted by atomic mass is 16.5. The van der Waals surface area contributed by atoms with E-state index in [2.05, 4.69) is 12.2 Å². The van der Waals surface area contributed by atoms with Crippen LogP contribution in [0.25, 0.3) is 0 Å². The summed E-state index contributed by atoms with van der Waals surface area (Å²) in [7, 11) is 0. The van der Waals surface area contributed by atoms with Crippen molar-refractivity contribution < 1.29 is 9.53 Å². The number of esters is 1. The molecular formula is C11H16O2. The normalized spacial score (nSPS) is 36.2. The Morgan fingerprint density at radius 3 is 3.15 bits per heavy atom. The first-order chi connectivity index (χ1) is 6.33. The first-order valence-corrected chi connectivity index (χ1v) is 5.16. The first kappa shape index (κ1) is 8.79. The first-order valence-electron chi connectivity index (χ1n) is 5.16. The molecule has 0 N–H and O–H groups in total. The molecule has 0 aliphatic heterocycles. The minimum atomic E-state index is 0.0153. The number of carbonyl (C=O) groups is 1. The van der Waals surface area contributed by atoms with Crippen molar-refractivity contribution in [2.75, 3.05) is 6.61 Å². The average Bonchev–Trinajstić information content (AvgIpc) is 2.62. The van der Waals surface area contributed by atoms with Crippen LogP contribution in [-0.4, -0.2) is 12.6 Å². The molecule has 0 unspecified atom stereocenters. The molecule has 2 nitrogen and oxygen atoms in total. The fraction of sp³-hybridized carbons (Fsp3) is 0.727. The molecule has 0 heterocycles. The molecular weight excluding hydrogens is 164 g/mol. The van der Waals surface area contributed by atoms with Gasteiger partial charge in [-0.3, -0.25) is 4.79 Å². The second-order valence-electron chi connectivity index (χ2n) is 3.94. The van der Waals surface area contributed by atoms with Crippen LogP contribution in [0.15, 0.2) is 12.2 Å². The molecule has 1 fully saturated rings. The fourth-order valence-electron chi connectivity index (χ4n) is 2.61. The molecule has 0 amide bonds. The van der Waals surface area contributed by atoms with Gasteiger partial charge in [-0.25, -0.2) is 0 Å². The quantitative estimate of drug-likeness (QED) is 0.481. The summed E-state index contributed by atoms with van der Waals surface area (Å²) in [5, 5.41) is 0. The topological polar surface area (TPSA) is 26.3 Å². The van der Waals surface area contributed by atoms with Crippen LogP contribution >= 0.6 is 0 Å². The van der Waals surface area contributed by atoms with Crippen molar-refractivity contribution in [3.63, 3.8) is 0 Å². The lowest BCUT2D eigenvalue weighted by atomic mass is 9.93. The Kier molecular flexibility index (Phi) is 2.38. The molecule has 0 aromatic carbocycles. The Balaban J connectivity index is 2.00. The van der Waals surface area contributed by atoms with E-state index in [0.29, 0.717) is 12.5 Å². The highest BCUT2D eigenvalue weighted by Gasteiger charge is 2.40. The Morgan fingerprint density at radius 2 is 2.38 bits per heavy atom. The maximum atomic E-state index is 11.5. The van der Waals surface area contributed by atoms with Crippen molar-refractivity contribution >= 4 is 5.97 Å². The number of carbonyl (C=O) groups excluding carboxylic acids is 1. The van der Waals surface area contributed by atoms with Crippen molar-refractivity contribution in [2.24, 2.45) is 17.8 Å². The van der Waals surface area contributed by atoms with E-state index in [1.54, 1.807) is 0 Å². The second-order valence-corrected chi connectivity index (χ2v) is 3.94. The molecule has 0 aromatic rings. The largest absolute Gasteiger partial charge is 0.466 e. The van der Waals surface area contributed by atoms with E-state index in [4.69, 9.17) is 4.74 Å². The number of fused-ring (bicyclic) bond motifs is 1. The van der Waals surface area contributed by atoms with Crippen LogP contribution in [-0.2, 0) is 9.53 Å². The molecule has 0 aromatic heterocycles. The molecule has 1 saturated carbocycles. The predicted octanol–water partition coefficient (Wildman–Crippen LogP) is 2.15. The van der Waals surface area contributed by atoms with E-state index in [-0.39, 0.29) is 11.9 Å². The number of hydrogen-bond donors (Lipinski definition) is 0. The molecule has 0 radical (unpaired) electrons. The Morgan fingerprint density at radius 1 is 1.54 bits per heavy atom. The Bertz CT molecular complexity index is 232. The van der Waals surface area contributed by atoms with Crippen LogP contribution in [0.3, 0.4) is 0 Å². The van der Waals surface area contributed by atoms with Crippen molar-refractivity contribution in [3.05, 3.63) is 12.2 Å². The molecule has 13 heavy (non-hydrogen) atoms. The third-order valence-electron chi connectivity index (χ3n) is 3.24. The van der Waals surface area contributed by atoms with Crippen LogP contribution in [0.4, 0.5) is 0 Å². The highest BCUT2D eigenvalue weighted by molar-refractivity contribution is 5.73. The summed E-state index contributed by atoms with van der Waals surface area (Å²) >= 11 is 0. The smallest absolute Gasteiger partial charge is 0.309 e. The van der Waals surface area contributed by atoms with Crippen molar-refractivity contribution in [1.29, 1.82) is 0 Å². The van der Waals surface area contributed by atoms with Crippen LogP contribution in [0.5, 0.6) is 0 Å². The van der Waals surface area contributed by atoms with Gasteiger partial charge < -0.3 is 4.74 Å². The summed E-state index contributed by atoms with van der Waals surface area (Å²) in [5.74, 6) is 1.39. The summed E-state index contributed by atoms with van der Waals surface area (Å²) in [6.07, 6.45) is 7.81. The Hall–Kier alpha value is -0.790. The number of hydrogen-bond acceptors (Lipinski definition) is 2. The molecule has 2 aliphatic rings. The summed E-state index contributed by atoms with van der Waals surface area (Å²) in [6, 6.07) is 0. The molecule has 2 rings (SSSR count). The van der Waals surface area contributed by atoms with Gasteiger partial charge in [-0.15, -0.1) is 0 Å². The fourth-order valence-corrected chi connectivity index (χ4v) is 2.61. The number of allylic oxidation sites excluding steroid dienone is 2. The van der Waals surface area contributed by atoms with Crippen LogP contribution in [0, 0.1) is 17.8 Å². The number of ether oxygens (including phenoxy) is 1. The van der Waals surface area contributed by atoms with Crippen molar-refractivity contribution in [3.8, 4) is 0 Å². The van der Waals surface area contributed by atoms with Gasteiger partial charge in [0.25, 0.3) is 0 Å². The molecule has 3 atom stereocenters. The second kappa shape index (κ2) is 3.52. The van der Waals surface area contributed by atoms with Gasteiger partial charge in [-0.2, -0.15) is 0 Å². The highest BCUT2D eigenvalue weighted by Crippen LogP contribution is 2.44. The maximum Gasteiger partial charge on any atom is 0.309 e. The third kappa shape index (κ3) is 1.50. The van der Waals surface area contributed by atoms with Crippen LogP contribution < -0.4 is 0 Å². The zero-order chi connectivity index (χ0) is 9.26. The predicted molar refractivity (Wildman–Crippen MR) is 50.1 cm³/mol. The van der Waals surface area contributed by atoms with Crippen LogP contribution in [0.2, 0.25) is 0 Å². The van der Waals surface area contributed by atoms with Crippen molar-refractivity contribution in [1.82, 2.24) is 0 Å². The zero-order valence-electron chi connectivity index (χ0n) is 8.03. The summed E-state index contributed by atoms with van der Waals surface area (Å²) in [6.45, 7) is 2.38. The molecule has 0 spiro atoms. The lowest BCUT2D eigenvalue weighted by Crippen LogP contribution is -2.21. The van der Waals surface area contributed by atoms with Gasteiger partial charge in [-0.05, 0) is 38.0 Å². The van der Waals surface area contributed by atoms with Gasteiger partial charge in [0.15, 0.2) is 0 Å². The van der Waals surface area contributed by atoms with Crippen molar-refractivity contribution in [2.45, 2.75) is 26.2 Å². The minimum absolute atomic E-state index is 0.0153. The minimum Gasteiger partial charge on any atom is -0.466 e. The average molecular weight is 180 g/mol. The molecule has 72 valence electrons. The molecule has 2 aliphatic carbocycles. The van der Waals surface area contributed by atoms with Gasteiger partial charge in [0.05, 0.1) is 12.5 Å².